The van der Waals surface area contributed by atoms with E-state index >= 15 is 0 Å². The first-order chi connectivity index (χ1) is 8.20. The summed E-state index contributed by atoms with van der Waals surface area (Å²) in [7, 11) is 0. The molecule has 5 nitrogen and oxygen atoms in total. The first-order valence-corrected chi connectivity index (χ1v) is 5.13. The van der Waals surface area contributed by atoms with Gasteiger partial charge in [0.1, 0.15) is 11.6 Å². The molecule has 0 fully saturated rings. The number of hydrogen-bond acceptors (Lipinski definition) is 4. The van der Waals surface area contributed by atoms with E-state index in [0.717, 1.165) is 6.07 Å². The van der Waals surface area contributed by atoms with Crippen molar-refractivity contribution in [1.82, 2.24) is 20.2 Å². The normalized spacial score (nSPS) is 10.8. The molecule has 2 aromatic rings. The second kappa shape index (κ2) is 4.96. The van der Waals surface area contributed by atoms with Crippen molar-refractivity contribution in [3.63, 3.8) is 0 Å². The monoisotopic (exact) mass is 239 g/mol. The summed E-state index contributed by atoms with van der Waals surface area (Å²) in [6.07, 6.45) is 0.690. The molecule has 0 aliphatic rings. The van der Waals surface area contributed by atoms with Gasteiger partial charge in [0.2, 0.25) is 0 Å². The van der Waals surface area contributed by atoms with E-state index in [-0.39, 0.29) is 0 Å². The average Bonchev–Trinajstić information content (AvgIpc) is 2.73. The van der Waals surface area contributed by atoms with Gasteiger partial charge in [-0.2, -0.15) is 0 Å². The third kappa shape index (κ3) is 2.62. The van der Waals surface area contributed by atoms with Crippen LogP contribution in [-0.4, -0.2) is 26.8 Å². The molecule has 0 atom stereocenters. The highest BCUT2D eigenvalue weighted by atomic mass is 19.1. The molecule has 0 radical (unpaired) electrons. The third-order valence-corrected chi connectivity index (χ3v) is 2.23. The minimum absolute atomic E-state index is 0.310. The molecule has 0 saturated heterocycles. The zero-order chi connectivity index (χ0) is 12.3. The van der Waals surface area contributed by atoms with Crippen LogP contribution in [-0.2, 0) is 6.54 Å². The first kappa shape index (κ1) is 11.6. The number of nitrogens with zero attached hydrogens (tertiary/aromatic N) is 4. The van der Waals surface area contributed by atoms with Gasteiger partial charge in [-0.05, 0) is 35.5 Å². The zero-order valence-electron chi connectivity index (χ0n) is 8.98. The van der Waals surface area contributed by atoms with Crippen LogP contribution in [0.2, 0.25) is 0 Å². The van der Waals surface area contributed by atoms with E-state index in [1.807, 2.05) is 0 Å². The summed E-state index contributed by atoms with van der Waals surface area (Å²) in [5, 5.41) is 11.0. The largest absolute Gasteiger partial charge is 0.330 e. The number of rotatable bonds is 4. The topological polar surface area (TPSA) is 69.6 Å². The van der Waals surface area contributed by atoms with Gasteiger partial charge in [-0.1, -0.05) is 0 Å². The van der Waals surface area contributed by atoms with Gasteiger partial charge in [0.05, 0.1) is 0 Å². The molecule has 1 aromatic heterocycles. The van der Waals surface area contributed by atoms with Crippen LogP contribution >= 0.6 is 0 Å². The fourth-order valence-corrected chi connectivity index (χ4v) is 1.49. The van der Waals surface area contributed by atoms with E-state index in [2.05, 4.69) is 15.5 Å². The van der Waals surface area contributed by atoms with Gasteiger partial charge in [-0.25, -0.2) is 13.5 Å². The Morgan fingerprint density at radius 3 is 2.53 bits per heavy atom. The van der Waals surface area contributed by atoms with Crippen LogP contribution in [0.5, 0.6) is 0 Å². The lowest BCUT2D eigenvalue weighted by Gasteiger charge is -2.03. The van der Waals surface area contributed by atoms with E-state index in [9.17, 15) is 8.78 Å². The van der Waals surface area contributed by atoms with Gasteiger partial charge in [0.25, 0.3) is 0 Å². The van der Waals surface area contributed by atoms with Crippen LogP contribution in [0.4, 0.5) is 8.78 Å². The molecule has 17 heavy (non-hydrogen) atoms. The van der Waals surface area contributed by atoms with E-state index in [1.165, 1.54) is 16.8 Å². The molecule has 90 valence electrons. The Kier molecular flexibility index (Phi) is 3.38. The summed E-state index contributed by atoms with van der Waals surface area (Å²) in [5.74, 6) is -0.987. The highest BCUT2D eigenvalue weighted by molar-refractivity contribution is 5.54. The maximum absolute atomic E-state index is 13.1. The highest BCUT2D eigenvalue weighted by Gasteiger charge is 2.10. The van der Waals surface area contributed by atoms with Crippen molar-refractivity contribution in [3.8, 4) is 11.4 Å². The molecule has 1 aromatic carbocycles. The Morgan fingerprint density at radius 2 is 1.88 bits per heavy atom. The molecule has 0 amide bonds. The summed E-state index contributed by atoms with van der Waals surface area (Å²) in [4.78, 5) is 0. The second-order valence-electron chi connectivity index (χ2n) is 3.53. The lowest BCUT2D eigenvalue weighted by molar-refractivity contribution is 0.565. The standard InChI is InChI=1S/C10H11F2N5/c11-8-4-7(5-9(12)6-8)10-14-15-16-17(10)3-1-2-13/h4-6H,1-3,13H2. The molecule has 2 rings (SSSR count). The minimum Gasteiger partial charge on any atom is -0.330 e. The molecule has 0 spiro atoms. The molecule has 0 saturated carbocycles. The van der Waals surface area contributed by atoms with Crippen molar-refractivity contribution in [2.45, 2.75) is 13.0 Å². The third-order valence-electron chi connectivity index (χ3n) is 2.23. The van der Waals surface area contributed by atoms with Gasteiger partial charge < -0.3 is 5.73 Å². The molecule has 0 bridgehead atoms. The Balaban J connectivity index is 2.35. The quantitative estimate of drug-likeness (QED) is 0.863. The van der Waals surface area contributed by atoms with Gasteiger partial charge in [-0.3, -0.25) is 0 Å². The number of hydrogen-bond donors (Lipinski definition) is 1. The van der Waals surface area contributed by atoms with E-state index in [0.29, 0.717) is 30.9 Å². The lowest BCUT2D eigenvalue weighted by atomic mass is 10.2. The van der Waals surface area contributed by atoms with Crippen molar-refractivity contribution in [2.24, 2.45) is 5.73 Å². The van der Waals surface area contributed by atoms with Crippen molar-refractivity contribution >= 4 is 0 Å². The number of halogens is 2. The lowest BCUT2D eigenvalue weighted by Crippen LogP contribution is -2.08. The van der Waals surface area contributed by atoms with E-state index in [1.54, 1.807) is 0 Å². The van der Waals surface area contributed by atoms with Crippen molar-refractivity contribution in [2.75, 3.05) is 6.54 Å². The van der Waals surface area contributed by atoms with Gasteiger partial charge in [0.15, 0.2) is 5.82 Å². The molecule has 0 aliphatic carbocycles. The summed E-state index contributed by atoms with van der Waals surface area (Å²) in [6, 6.07) is 3.18. The maximum atomic E-state index is 13.1. The van der Waals surface area contributed by atoms with Crippen molar-refractivity contribution < 1.29 is 8.78 Å². The summed E-state index contributed by atoms with van der Waals surface area (Å²) in [6.45, 7) is 1.01. The van der Waals surface area contributed by atoms with Crippen LogP contribution in [0.3, 0.4) is 0 Å². The summed E-state index contributed by atoms with van der Waals surface area (Å²) < 4.78 is 27.6. The predicted molar refractivity (Wildman–Crippen MR) is 56.8 cm³/mol. The molecule has 1 heterocycles. The molecular weight excluding hydrogens is 228 g/mol. The molecule has 0 unspecified atom stereocenters. The number of benzene rings is 1. The van der Waals surface area contributed by atoms with Crippen molar-refractivity contribution in [3.05, 3.63) is 29.8 Å². The number of tetrazole rings is 1. The molecular formula is C10H11F2N5. The molecule has 7 heteroatoms. The summed E-state index contributed by atoms with van der Waals surface area (Å²) >= 11 is 0. The second-order valence-corrected chi connectivity index (χ2v) is 3.53. The van der Waals surface area contributed by atoms with Crippen LogP contribution < -0.4 is 5.73 Å². The Bertz CT molecular complexity index is 491. The number of nitrogens with two attached hydrogens (primary N) is 1. The Morgan fingerprint density at radius 1 is 1.18 bits per heavy atom. The van der Waals surface area contributed by atoms with Crippen molar-refractivity contribution in [1.29, 1.82) is 0 Å². The van der Waals surface area contributed by atoms with E-state index < -0.39 is 11.6 Å². The van der Waals surface area contributed by atoms with Crippen LogP contribution in [0.25, 0.3) is 11.4 Å². The first-order valence-electron chi connectivity index (χ1n) is 5.13. The average molecular weight is 239 g/mol. The summed E-state index contributed by atoms with van der Waals surface area (Å²) in [5.41, 5.74) is 5.69. The van der Waals surface area contributed by atoms with Crippen LogP contribution in [0, 0.1) is 11.6 Å². The van der Waals surface area contributed by atoms with Gasteiger partial charge >= 0.3 is 0 Å². The van der Waals surface area contributed by atoms with Crippen LogP contribution in [0.15, 0.2) is 18.2 Å². The molecule has 2 N–H and O–H groups in total. The zero-order valence-corrected chi connectivity index (χ0v) is 8.98. The smallest absolute Gasteiger partial charge is 0.182 e. The Labute approximate surface area is 96.2 Å². The number of aromatic nitrogens is 4. The highest BCUT2D eigenvalue weighted by Crippen LogP contribution is 2.18. The minimum atomic E-state index is -0.659. The Hall–Kier alpha value is -1.89. The van der Waals surface area contributed by atoms with Gasteiger partial charge in [-0.15, -0.1) is 5.10 Å². The van der Waals surface area contributed by atoms with E-state index in [4.69, 9.17) is 5.73 Å². The fraction of sp³-hybridized carbons (Fsp3) is 0.300. The predicted octanol–water partition coefficient (Wildman–Crippen LogP) is 0.967. The van der Waals surface area contributed by atoms with Crippen LogP contribution in [0.1, 0.15) is 6.42 Å². The number of aryl methyl sites for hydroxylation is 1. The SMILES string of the molecule is NCCCn1nnnc1-c1cc(F)cc(F)c1. The van der Waals surface area contributed by atoms with Gasteiger partial charge in [0, 0.05) is 18.2 Å². The fourth-order valence-electron chi connectivity index (χ4n) is 1.49. The molecule has 0 aliphatic heterocycles. The maximum Gasteiger partial charge on any atom is 0.182 e.